The number of aliphatic hydroxyl groups excluding tert-OH is 1. The van der Waals surface area contributed by atoms with Gasteiger partial charge in [0.2, 0.25) is 0 Å². The Morgan fingerprint density at radius 3 is 2.67 bits per heavy atom. The quantitative estimate of drug-likeness (QED) is 0.902. The van der Waals surface area contributed by atoms with Crippen molar-refractivity contribution < 1.29 is 5.11 Å². The molecule has 5 heteroatoms. The van der Waals surface area contributed by atoms with Crippen molar-refractivity contribution in [3.63, 3.8) is 0 Å². The Morgan fingerprint density at radius 2 is 2.11 bits per heavy atom. The molecule has 1 aliphatic heterocycles. The van der Waals surface area contributed by atoms with Crippen LogP contribution in [0.15, 0.2) is 5.38 Å². The largest absolute Gasteiger partial charge is 0.387 e. The van der Waals surface area contributed by atoms with Gasteiger partial charge in [-0.1, -0.05) is 0 Å². The molecule has 1 aromatic rings. The maximum absolute atomic E-state index is 9.50. The minimum atomic E-state index is -0.453. The van der Waals surface area contributed by atoms with Crippen LogP contribution in [-0.2, 0) is 0 Å². The molecule has 100 valence electrons. The molecule has 0 aromatic carbocycles. The van der Waals surface area contributed by atoms with Gasteiger partial charge in [0.25, 0.3) is 0 Å². The molecule has 1 saturated heterocycles. The standard InChI is InChI=1S/C13H21N3OS/c1-10(17)12-9-18-13(14-12)16-6-4-15(5-7-16)8-11-2-3-11/h9-11,17H,2-8H2,1H3. The number of piperazine rings is 1. The van der Waals surface area contributed by atoms with Crippen molar-refractivity contribution in [3.8, 4) is 0 Å². The Labute approximate surface area is 112 Å². The van der Waals surface area contributed by atoms with E-state index in [0.29, 0.717) is 0 Å². The first-order valence-electron chi connectivity index (χ1n) is 6.83. The molecule has 0 radical (unpaired) electrons. The van der Waals surface area contributed by atoms with Gasteiger partial charge in [-0.05, 0) is 25.7 Å². The molecule has 1 N–H and O–H groups in total. The normalized spacial score (nSPS) is 23.3. The van der Waals surface area contributed by atoms with Crippen molar-refractivity contribution in [1.29, 1.82) is 0 Å². The zero-order valence-electron chi connectivity index (χ0n) is 10.9. The van der Waals surface area contributed by atoms with Gasteiger partial charge in [-0.2, -0.15) is 0 Å². The lowest BCUT2D eigenvalue weighted by atomic mass is 10.3. The Morgan fingerprint density at radius 1 is 1.39 bits per heavy atom. The lowest BCUT2D eigenvalue weighted by Gasteiger charge is -2.34. The fourth-order valence-corrected chi connectivity index (χ4v) is 3.37. The van der Waals surface area contributed by atoms with Crippen LogP contribution >= 0.6 is 11.3 Å². The van der Waals surface area contributed by atoms with Crippen molar-refractivity contribution in [2.75, 3.05) is 37.6 Å². The summed E-state index contributed by atoms with van der Waals surface area (Å²) in [7, 11) is 0. The summed E-state index contributed by atoms with van der Waals surface area (Å²) in [5.74, 6) is 0.984. The molecular formula is C13H21N3OS. The molecule has 1 atom stereocenters. The highest BCUT2D eigenvalue weighted by Gasteiger charge is 2.27. The third-order valence-electron chi connectivity index (χ3n) is 3.79. The number of nitrogens with zero attached hydrogens (tertiary/aromatic N) is 3. The fourth-order valence-electron chi connectivity index (χ4n) is 2.40. The van der Waals surface area contributed by atoms with Crippen molar-refractivity contribution in [2.45, 2.75) is 25.9 Å². The molecule has 0 spiro atoms. The second-order valence-electron chi connectivity index (χ2n) is 5.46. The predicted octanol–water partition coefficient (Wildman–Crippen LogP) is 1.73. The molecule has 1 saturated carbocycles. The third kappa shape index (κ3) is 2.84. The van der Waals surface area contributed by atoms with E-state index in [1.54, 1.807) is 18.3 Å². The Balaban J connectivity index is 1.54. The van der Waals surface area contributed by atoms with Crippen molar-refractivity contribution in [1.82, 2.24) is 9.88 Å². The average Bonchev–Trinajstić information content (AvgIpc) is 3.04. The summed E-state index contributed by atoms with van der Waals surface area (Å²) in [5.41, 5.74) is 0.801. The van der Waals surface area contributed by atoms with Gasteiger partial charge < -0.3 is 10.0 Å². The van der Waals surface area contributed by atoms with Gasteiger partial charge in [-0.15, -0.1) is 11.3 Å². The summed E-state index contributed by atoms with van der Waals surface area (Å²) in [6.45, 7) is 7.51. The third-order valence-corrected chi connectivity index (χ3v) is 4.71. The number of hydrogen-bond acceptors (Lipinski definition) is 5. The molecule has 1 aliphatic carbocycles. The van der Waals surface area contributed by atoms with Crippen molar-refractivity contribution >= 4 is 16.5 Å². The summed E-state index contributed by atoms with van der Waals surface area (Å²) < 4.78 is 0. The molecule has 3 rings (SSSR count). The zero-order chi connectivity index (χ0) is 12.5. The molecule has 1 unspecified atom stereocenters. The number of rotatable bonds is 4. The first-order valence-corrected chi connectivity index (χ1v) is 7.71. The molecule has 0 bridgehead atoms. The minimum Gasteiger partial charge on any atom is -0.387 e. The molecule has 2 heterocycles. The molecular weight excluding hydrogens is 246 g/mol. The highest BCUT2D eigenvalue weighted by atomic mass is 32.1. The summed E-state index contributed by atoms with van der Waals surface area (Å²) in [4.78, 5) is 9.44. The minimum absolute atomic E-state index is 0.453. The van der Waals surface area contributed by atoms with Crippen molar-refractivity contribution in [3.05, 3.63) is 11.1 Å². The van der Waals surface area contributed by atoms with Gasteiger partial charge in [-0.25, -0.2) is 4.98 Å². The lowest BCUT2D eigenvalue weighted by Crippen LogP contribution is -2.47. The van der Waals surface area contributed by atoms with E-state index in [4.69, 9.17) is 0 Å². The maximum Gasteiger partial charge on any atom is 0.185 e. The van der Waals surface area contributed by atoms with Crippen LogP contribution in [0.25, 0.3) is 0 Å². The number of hydrogen-bond donors (Lipinski definition) is 1. The van der Waals surface area contributed by atoms with Crippen LogP contribution in [0.4, 0.5) is 5.13 Å². The lowest BCUT2D eigenvalue weighted by molar-refractivity contribution is 0.195. The SMILES string of the molecule is CC(O)c1csc(N2CCN(CC3CC3)CC2)n1. The number of anilines is 1. The van der Waals surface area contributed by atoms with E-state index in [0.717, 1.165) is 42.9 Å². The fraction of sp³-hybridized carbons (Fsp3) is 0.769. The predicted molar refractivity (Wildman–Crippen MR) is 74.1 cm³/mol. The molecule has 2 aliphatic rings. The summed E-state index contributed by atoms with van der Waals surface area (Å²) in [6, 6.07) is 0. The topological polar surface area (TPSA) is 39.6 Å². The van der Waals surface area contributed by atoms with E-state index in [-0.39, 0.29) is 0 Å². The van der Waals surface area contributed by atoms with E-state index >= 15 is 0 Å². The molecule has 4 nitrogen and oxygen atoms in total. The molecule has 0 amide bonds. The number of aromatic nitrogens is 1. The monoisotopic (exact) mass is 267 g/mol. The average molecular weight is 267 g/mol. The zero-order valence-corrected chi connectivity index (χ0v) is 11.7. The van der Waals surface area contributed by atoms with Crippen molar-refractivity contribution in [2.24, 2.45) is 5.92 Å². The van der Waals surface area contributed by atoms with Crippen LogP contribution in [0.1, 0.15) is 31.6 Å². The van der Waals surface area contributed by atoms with Crippen LogP contribution in [0.5, 0.6) is 0 Å². The Bertz CT molecular complexity index is 395. The second kappa shape index (κ2) is 5.15. The van der Waals surface area contributed by atoms with Crippen LogP contribution in [0.2, 0.25) is 0 Å². The summed E-state index contributed by atoms with van der Waals surface area (Å²) in [5, 5.41) is 12.5. The molecule has 18 heavy (non-hydrogen) atoms. The van der Waals surface area contributed by atoms with Crippen LogP contribution in [-0.4, -0.2) is 47.7 Å². The van der Waals surface area contributed by atoms with Gasteiger partial charge in [0.15, 0.2) is 5.13 Å². The highest BCUT2D eigenvalue weighted by molar-refractivity contribution is 7.13. The smallest absolute Gasteiger partial charge is 0.185 e. The van der Waals surface area contributed by atoms with E-state index in [1.165, 1.54) is 19.4 Å². The Kier molecular flexibility index (Phi) is 3.54. The van der Waals surface area contributed by atoms with Crippen LogP contribution in [0, 0.1) is 5.92 Å². The van der Waals surface area contributed by atoms with E-state index in [1.807, 2.05) is 5.38 Å². The van der Waals surface area contributed by atoms with E-state index < -0.39 is 6.10 Å². The second-order valence-corrected chi connectivity index (χ2v) is 6.30. The van der Waals surface area contributed by atoms with Crippen LogP contribution in [0.3, 0.4) is 0 Å². The molecule has 1 aromatic heterocycles. The highest BCUT2D eigenvalue weighted by Crippen LogP contribution is 2.30. The summed E-state index contributed by atoms with van der Waals surface area (Å²) in [6.07, 6.45) is 2.42. The maximum atomic E-state index is 9.50. The van der Waals surface area contributed by atoms with E-state index in [9.17, 15) is 5.11 Å². The number of thiazole rings is 1. The van der Waals surface area contributed by atoms with Gasteiger partial charge in [0, 0.05) is 38.1 Å². The summed E-state index contributed by atoms with van der Waals surface area (Å²) >= 11 is 1.65. The van der Waals surface area contributed by atoms with E-state index in [2.05, 4.69) is 14.8 Å². The number of aliphatic hydroxyl groups is 1. The first-order chi connectivity index (χ1) is 8.72. The van der Waals surface area contributed by atoms with Gasteiger partial charge in [-0.3, -0.25) is 4.90 Å². The van der Waals surface area contributed by atoms with Gasteiger partial charge in [0.05, 0.1) is 11.8 Å². The van der Waals surface area contributed by atoms with Gasteiger partial charge >= 0.3 is 0 Å². The Hall–Kier alpha value is -0.650. The molecule has 2 fully saturated rings. The van der Waals surface area contributed by atoms with Crippen LogP contribution < -0.4 is 4.90 Å². The first kappa shape index (κ1) is 12.4. The van der Waals surface area contributed by atoms with Gasteiger partial charge in [0.1, 0.15) is 0 Å².